The molecule has 0 saturated carbocycles. The van der Waals surface area contributed by atoms with Crippen LogP contribution in [0.2, 0.25) is 0 Å². The summed E-state index contributed by atoms with van der Waals surface area (Å²) in [6.07, 6.45) is 0. The second-order valence-electron chi connectivity index (χ2n) is 7.41. The molecule has 0 unspecified atom stereocenters. The molecule has 156 valence electrons. The summed E-state index contributed by atoms with van der Waals surface area (Å²) in [7, 11) is 0. The summed E-state index contributed by atoms with van der Waals surface area (Å²) in [5, 5.41) is 12.5. The number of nitrogens with one attached hydrogen (secondary N) is 1. The second-order valence-corrected chi connectivity index (χ2v) is 8.41. The van der Waals surface area contributed by atoms with E-state index in [1.807, 2.05) is 32.9 Å². The number of H-pyrrole nitrogens is 1. The standard InChI is InChI=1S/C21H18N6O3S/c1-9(2)13-12(8-22)19(24)25-20-14(13)15(23)18(31-20)17(28)16-21(29)30-26-27(16)11-6-4-10(3)5-7-11/h4-7,9H,1-3H3,(H4-,23,24,25,26,28,29)/p+1. The van der Waals surface area contributed by atoms with Crippen LogP contribution in [0.3, 0.4) is 0 Å². The number of aryl methyl sites for hydroxylation is 1. The number of hydrogen-bond acceptors (Lipinski definition) is 8. The topological polar surface area (TPSA) is 156 Å². The molecule has 0 spiro atoms. The Balaban J connectivity index is 1.95. The quantitative estimate of drug-likeness (QED) is 0.328. The number of anilines is 2. The lowest BCUT2D eigenvalue weighted by molar-refractivity contribution is -0.672. The molecule has 0 aliphatic heterocycles. The molecule has 4 aromatic rings. The summed E-state index contributed by atoms with van der Waals surface area (Å²) in [4.78, 5) is 30.6. The van der Waals surface area contributed by atoms with Crippen molar-refractivity contribution in [3.8, 4) is 11.8 Å². The van der Waals surface area contributed by atoms with Crippen LogP contribution in [0.25, 0.3) is 15.9 Å². The van der Waals surface area contributed by atoms with Crippen molar-refractivity contribution < 1.29 is 14.0 Å². The van der Waals surface area contributed by atoms with E-state index in [4.69, 9.17) is 16.0 Å². The van der Waals surface area contributed by atoms with E-state index >= 15 is 0 Å². The van der Waals surface area contributed by atoms with Crippen molar-refractivity contribution in [1.29, 1.82) is 5.26 Å². The van der Waals surface area contributed by atoms with Gasteiger partial charge in [0.05, 0.1) is 11.3 Å². The Labute approximate surface area is 180 Å². The molecule has 5 N–H and O–H groups in total. The van der Waals surface area contributed by atoms with E-state index in [9.17, 15) is 14.9 Å². The monoisotopic (exact) mass is 435 g/mol. The van der Waals surface area contributed by atoms with Gasteiger partial charge in [-0.2, -0.15) is 5.26 Å². The number of nitrogens with zero attached hydrogens (tertiary/aromatic N) is 3. The van der Waals surface area contributed by atoms with E-state index in [0.717, 1.165) is 16.9 Å². The number of aromatic amines is 1. The molecule has 9 nitrogen and oxygen atoms in total. The van der Waals surface area contributed by atoms with E-state index in [1.165, 1.54) is 4.68 Å². The number of nitrogen functional groups attached to an aromatic ring is 2. The minimum atomic E-state index is -0.822. The summed E-state index contributed by atoms with van der Waals surface area (Å²) in [5.41, 5.74) is 13.9. The number of nitriles is 1. The third kappa shape index (κ3) is 3.15. The zero-order valence-corrected chi connectivity index (χ0v) is 17.8. The normalized spacial score (nSPS) is 11.2. The zero-order chi connectivity index (χ0) is 22.4. The Bertz CT molecular complexity index is 1440. The molecule has 0 saturated heterocycles. The molecule has 10 heteroatoms. The summed E-state index contributed by atoms with van der Waals surface area (Å²) < 4.78 is 6.18. The molecule has 31 heavy (non-hydrogen) atoms. The maximum atomic E-state index is 13.4. The maximum absolute atomic E-state index is 13.4. The Kier molecular flexibility index (Phi) is 4.83. The van der Waals surface area contributed by atoms with E-state index < -0.39 is 11.4 Å². The second kappa shape index (κ2) is 7.37. The minimum Gasteiger partial charge on any atom is -0.397 e. The number of rotatable bonds is 4. The molecule has 0 fully saturated rings. The summed E-state index contributed by atoms with van der Waals surface area (Å²) in [6.45, 7) is 5.73. The number of thiophene rings is 1. The van der Waals surface area contributed by atoms with Gasteiger partial charge >= 0.3 is 11.3 Å². The molecule has 0 bridgehead atoms. The maximum Gasteiger partial charge on any atom is 0.439 e. The lowest BCUT2D eigenvalue weighted by Crippen LogP contribution is -2.41. The van der Waals surface area contributed by atoms with Crippen molar-refractivity contribution >= 4 is 38.8 Å². The Morgan fingerprint density at radius 1 is 1.29 bits per heavy atom. The summed E-state index contributed by atoms with van der Waals surface area (Å²) in [5.74, 6) is -0.616. The smallest absolute Gasteiger partial charge is 0.397 e. The Morgan fingerprint density at radius 2 is 1.97 bits per heavy atom. The first-order chi connectivity index (χ1) is 14.7. The molecule has 4 rings (SSSR count). The van der Waals surface area contributed by atoms with Crippen molar-refractivity contribution in [2.24, 2.45) is 0 Å². The van der Waals surface area contributed by atoms with Crippen LogP contribution in [-0.4, -0.2) is 16.0 Å². The van der Waals surface area contributed by atoms with Crippen molar-refractivity contribution in [1.82, 2.24) is 10.3 Å². The predicted octanol–water partition coefficient (Wildman–Crippen LogP) is 2.55. The van der Waals surface area contributed by atoms with Gasteiger partial charge in [0.15, 0.2) is 0 Å². The van der Waals surface area contributed by atoms with Gasteiger partial charge < -0.3 is 11.5 Å². The highest BCUT2D eigenvalue weighted by Crippen LogP contribution is 2.41. The van der Waals surface area contributed by atoms with Crippen LogP contribution in [0.4, 0.5) is 11.5 Å². The molecular formula is C21H19N6O3S+. The van der Waals surface area contributed by atoms with Gasteiger partial charge in [0.2, 0.25) is 5.69 Å². The number of carbonyl (C=O) groups excluding carboxylic acids is 1. The van der Waals surface area contributed by atoms with Gasteiger partial charge in [0, 0.05) is 17.5 Å². The molecule has 1 aromatic carbocycles. The van der Waals surface area contributed by atoms with Crippen LogP contribution in [-0.2, 0) is 0 Å². The largest absolute Gasteiger partial charge is 0.439 e. The lowest BCUT2D eigenvalue weighted by atomic mass is 9.94. The molecule has 3 heterocycles. The number of ketones is 1. The van der Waals surface area contributed by atoms with Crippen LogP contribution in [0, 0.1) is 18.3 Å². The molecule has 0 aliphatic carbocycles. The van der Waals surface area contributed by atoms with Gasteiger partial charge in [-0.1, -0.05) is 31.5 Å². The third-order valence-electron chi connectivity index (χ3n) is 4.99. The zero-order valence-electron chi connectivity index (χ0n) is 17.0. The van der Waals surface area contributed by atoms with Gasteiger partial charge in [-0.3, -0.25) is 9.32 Å². The van der Waals surface area contributed by atoms with E-state index in [1.54, 1.807) is 12.1 Å². The lowest BCUT2D eigenvalue weighted by Gasteiger charge is -2.11. The van der Waals surface area contributed by atoms with Crippen LogP contribution >= 0.6 is 11.3 Å². The number of hydrogen-bond donors (Lipinski definition) is 3. The van der Waals surface area contributed by atoms with Gasteiger partial charge in [0.1, 0.15) is 21.6 Å². The number of fused-ring (bicyclic) bond motifs is 1. The number of nitrogens with two attached hydrogens (primary N) is 2. The third-order valence-corrected chi connectivity index (χ3v) is 6.09. The van der Waals surface area contributed by atoms with E-state index in [2.05, 4.69) is 16.3 Å². The Morgan fingerprint density at radius 3 is 2.58 bits per heavy atom. The first-order valence-electron chi connectivity index (χ1n) is 9.41. The Hall–Kier alpha value is -3.97. The molecular weight excluding hydrogens is 416 g/mol. The first kappa shape index (κ1) is 20.3. The average molecular weight is 435 g/mol. The number of carbonyl (C=O) groups is 1. The van der Waals surface area contributed by atoms with Crippen molar-refractivity contribution in [3.05, 3.63) is 61.9 Å². The number of benzene rings is 1. The van der Waals surface area contributed by atoms with E-state index in [-0.39, 0.29) is 33.6 Å². The minimum absolute atomic E-state index is 0.0785. The molecule has 3 aromatic heterocycles. The fourth-order valence-electron chi connectivity index (χ4n) is 3.51. The highest BCUT2D eigenvalue weighted by atomic mass is 32.1. The van der Waals surface area contributed by atoms with Gasteiger partial charge in [-0.05, 0) is 28.4 Å². The average Bonchev–Trinajstić information content (AvgIpc) is 3.27. The van der Waals surface area contributed by atoms with Crippen LogP contribution < -0.4 is 21.8 Å². The van der Waals surface area contributed by atoms with Gasteiger partial charge in [-0.25, -0.2) is 9.78 Å². The number of pyridine rings is 1. The molecule has 0 atom stereocenters. The van der Waals surface area contributed by atoms with Crippen molar-refractivity contribution in [2.75, 3.05) is 11.5 Å². The van der Waals surface area contributed by atoms with Gasteiger partial charge in [0.25, 0.3) is 5.78 Å². The first-order valence-corrected chi connectivity index (χ1v) is 10.2. The van der Waals surface area contributed by atoms with Crippen LogP contribution in [0.5, 0.6) is 0 Å². The van der Waals surface area contributed by atoms with Crippen LogP contribution in [0.15, 0.2) is 33.6 Å². The number of aromatic nitrogens is 3. The SMILES string of the molecule is Cc1ccc(-[n+]2[nH]oc(=O)c2C(=O)c2sc3nc(N)c(C#N)c(C(C)C)c3c2N)cc1. The fourth-order valence-corrected chi connectivity index (χ4v) is 4.57. The molecule has 0 radical (unpaired) electrons. The molecule has 0 amide bonds. The van der Waals surface area contributed by atoms with E-state index in [0.29, 0.717) is 21.5 Å². The van der Waals surface area contributed by atoms with Crippen molar-refractivity contribution in [2.45, 2.75) is 26.7 Å². The summed E-state index contributed by atoms with van der Waals surface area (Å²) in [6, 6.07) is 9.28. The fraction of sp³-hybridized carbons (Fsp3) is 0.190. The summed E-state index contributed by atoms with van der Waals surface area (Å²) >= 11 is 1.03. The van der Waals surface area contributed by atoms with Crippen LogP contribution in [0.1, 0.15) is 51.8 Å². The molecule has 0 aliphatic rings. The predicted molar refractivity (Wildman–Crippen MR) is 116 cm³/mol. The highest BCUT2D eigenvalue weighted by molar-refractivity contribution is 7.21. The highest BCUT2D eigenvalue weighted by Gasteiger charge is 2.35. The van der Waals surface area contributed by atoms with Crippen molar-refractivity contribution in [3.63, 3.8) is 0 Å². The van der Waals surface area contributed by atoms with Gasteiger partial charge in [-0.15, -0.1) is 11.3 Å².